The Kier molecular flexibility index (Phi) is 6.43. The van der Waals surface area contributed by atoms with Gasteiger partial charge in [-0.25, -0.2) is 13.2 Å². The van der Waals surface area contributed by atoms with Gasteiger partial charge in [0.05, 0.1) is 11.6 Å². The number of carbonyl (C=O) groups is 2. The number of aromatic nitrogens is 1. The maximum Gasteiger partial charge on any atom is 0.410 e. The van der Waals surface area contributed by atoms with Crippen LogP contribution >= 0.6 is 0 Å². The van der Waals surface area contributed by atoms with Gasteiger partial charge in [0.25, 0.3) is 0 Å². The molecule has 0 aliphatic carbocycles. The fourth-order valence-electron chi connectivity index (χ4n) is 5.04. The van der Waals surface area contributed by atoms with Crippen LogP contribution in [0.4, 0.5) is 4.79 Å². The Labute approximate surface area is 195 Å². The van der Waals surface area contributed by atoms with Crippen molar-refractivity contribution in [2.75, 3.05) is 32.7 Å². The average Bonchev–Trinajstić information content (AvgIpc) is 3.19. The molecule has 1 spiro atoms. The van der Waals surface area contributed by atoms with E-state index in [4.69, 9.17) is 4.74 Å². The lowest BCUT2D eigenvalue weighted by Gasteiger charge is -2.47. The van der Waals surface area contributed by atoms with Crippen LogP contribution in [0.5, 0.6) is 0 Å². The number of piperidine rings is 2. The predicted molar refractivity (Wildman–Crippen MR) is 122 cm³/mol. The van der Waals surface area contributed by atoms with Crippen LogP contribution in [0.2, 0.25) is 0 Å². The smallest absolute Gasteiger partial charge is 0.410 e. The third kappa shape index (κ3) is 5.16. The van der Waals surface area contributed by atoms with Crippen LogP contribution in [0.1, 0.15) is 64.5 Å². The number of rotatable bonds is 3. The maximum absolute atomic E-state index is 13.4. The van der Waals surface area contributed by atoms with Crippen molar-refractivity contribution in [2.45, 2.75) is 69.3 Å². The maximum atomic E-state index is 13.4. The molecule has 3 aliphatic rings. The molecular formula is C23H34N4O5S. The number of pyridine rings is 1. The second-order valence-corrected chi connectivity index (χ2v) is 12.4. The number of ether oxygens (including phenoxy) is 1. The summed E-state index contributed by atoms with van der Waals surface area (Å²) < 4.78 is 33.8. The fourth-order valence-corrected chi connectivity index (χ4v) is 6.58. The molecule has 2 amide bonds. The standard InChI is InChI=1S/C23H34N4O5S/c1-22(2,3)32-21(29)26-13-9-23(10-14-26)8-4-12-27(16-23)33(30,31)17-5-6-19(25-15-17)18-7-11-24-20(18)28/h5-6,15,18H,4,7-14,16H2,1-3H3,(H,24,28). The summed E-state index contributed by atoms with van der Waals surface area (Å²) in [6, 6.07) is 3.22. The Morgan fingerprint density at radius 2 is 1.91 bits per heavy atom. The van der Waals surface area contributed by atoms with E-state index in [-0.39, 0.29) is 28.2 Å². The van der Waals surface area contributed by atoms with Crippen LogP contribution in [0.25, 0.3) is 0 Å². The zero-order chi connectivity index (χ0) is 23.9. The summed E-state index contributed by atoms with van der Waals surface area (Å²) in [4.78, 5) is 30.5. The van der Waals surface area contributed by atoms with Crippen molar-refractivity contribution in [3.8, 4) is 0 Å². The second kappa shape index (κ2) is 8.87. The molecule has 33 heavy (non-hydrogen) atoms. The minimum absolute atomic E-state index is 0.0613. The molecule has 1 aromatic heterocycles. The Morgan fingerprint density at radius 1 is 1.18 bits per heavy atom. The summed E-state index contributed by atoms with van der Waals surface area (Å²) in [6.07, 6.45) is 5.00. The third-order valence-corrected chi connectivity index (χ3v) is 8.73. The Hall–Kier alpha value is -2.20. The number of carbonyl (C=O) groups excluding carboxylic acids is 2. The van der Waals surface area contributed by atoms with Crippen molar-refractivity contribution >= 4 is 22.0 Å². The quantitative estimate of drug-likeness (QED) is 0.715. The first-order chi connectivity index (χ1) is 15.5. The summed E-state index contributed by atoms with van der Waals surface area (Å²) in [5.41, 5.74) is -0.0553. The molecule has 0 radical (unpaired) electrons. The fraction of sp³-hybridized carbons (Fsp3) is 0.696. The molecule has 1 atom stereocenters. The second-order valence-electron chi connectivity index (χ2n) is 10.5. The van der Waals surface area contributed by atoms with Gasteiger partial charge in [-0.3, -0.25) is 9.78 Å². The van der Waals surface area contributed by atoms with Gasteiger partial charge in [0, 0.05) is 38.9 Å². The van der Waals surface area contributed by atoms with Gasteiger partial charge in [-0.1, -0.05) is 0 Å². The predicted octanol–water partition coefficient (Wildman–Crippen LogP) is 2.49. The molecule has 4 rings (SSSR count). The number of hydrogen-bond donors (Lipinski definition) is 1. The van der Waals surface area contributed by atoms with Gasteiger partial charge in [0.2, 0.25) is 15.9 Å². The van der Waals surface area contributed by atoms with Crippen molar-refractivity contribution in [1.29, 1.82) is 0 Å². The highest BCUT2D eigenvalue weighted by molar-refractivity contribution is 7.89. The number of likely N-dealkylation sites (tertiary alicyclic amines) is 1. The average molecular weight is 479 g/mol. The topological polar surface area (TPSA) is 109 Å². The summed E-state index contributed by atoms with van der Waals surface area (Å²) in [7, 11) is -3.68. The first kappa shape index (κ1) is 23.9. The minimum atomic E-state index is -3.68. The first-order valence-electron chi connectivity index (χ1n) is 11.7. The Morgan fingerprint density at radius 3 is 2.48 bits per heavy atom. The van der Waals surface area contributed by atoms with Gasteiger partial charge in [-0.15, -0.1) is 0 Å². The number of nitrogens with zero attached hydrogens (tertiary/aromatic N) is 3. The van der Waals surface area contributed by atoms with Gasteiger partial charge in [-0.2, -0.15) is 4.31 Å². The largest absolute Gasteiger partial charge is 0.444 e. The minimum Gasteiger partial charge on any atom is -0.444 e. The van der Waals surface area contributed by atoms with Gasteiger partial charge in [0.1, 0.15) is 10.5 Å². The molecule has 9 nitrogen and oxygen atoms in total. The highest BCUT2D eigenvalue weighted by Gasteiger charge is 2.43. The van der Waals surface area contributed by atoms with Gasteiger partial charge in [-0.05, 0) is 70.4 Å². The molecule has 1 unspecified atom stereocenters. The number of amides is 2. The van der Waals surface area contributed by atoms with E-state index in [9.17, 15) is 18.0 Å². The zero-order valence-electron chi connectivity index (χ0n) is 19.7. The molecule has 4 heterocycles. The van der Waals surface area contributed by atoms with Crippen molar-refractivity contribution < 1.29 is 22.7 Å². The monoisotopic (exact) mass is 478 g/mol. The van der Waals surface area contributed by atoms with Crippen LogP contribution in [0.15, 0.2) is 23.2 Å². The lowest BCUT2D eigenvalue weighted by Crippen LogP contribution is -2.52. The highest BCUT2D eigenvalue weighted by Crippen LogP contribution is 2.41. The molecule has 1 aromatic rings. The molecular weight excluding hydrogens is 444 g/mol. The van der Waals surface area contributed by atoms with E-state index in [1.54, 1.807) is 21.3 Å². The van der Waals surface area contributed by atoms with E-state index < -0.39 is 15.6 Å². The number of nitrogens with one attached hydrogen (secondary N) is 1. The molecule has 0 saturated carbocycles. The van der Waals surface area contributed by atoms with Crippen LogP contribution < -0.4 is 5.32 Å². The van der Waals surface area contributed by atoms with Gasteiger partial charge < -0.3 is 15.0 Å². The van der Waals surface area contributed by atoms with Crippen molar-refractivity contribution in [2.24, 2.45) is 5.41 Å². The lowest BCUT2D eigenvalue weighted by molar-refractivity contribution is -0.120. The van der Waals surface area contributed by atoms with Gasteiger partial charge >= 0.3 is 6.09 Å². The van der Waals surface area contributed by atoms with E-state index in [1.165, 1.54) is 6.20 Å². The molecule has 3 aliphatic heterocycles. The summed E-state index contributed by atoms with van der Waals surface area (Å²) in [5, 5.41) is 2.78. The molecule has 1 N–H and O–H groups in total. The van der Waals surface area contributed by atoms with Crippen LogP contribution in [-0.2, 0) is 19.6 Å². The van der Waals surface area contributed by atoms with Crippen molar-refractivity contribution in [1.82, 2.24) is 19.5 Å². The summed E-state index contributed by atoms with van der Waals surface area (Å²) >= 11 is 0. The van der Waals surface area contributed by atoms with E-state index >= 15 is 0 Å². The highest BCUT2D eigenvalue weighted by atomic mass is 32.2. The summed E-state index contributed by atoms with van der Waals surface area (Å²) in [6.45, 7) is 8.24. The molecule has 0 bridgehead atoms. The molecule has 3 saturated heterocycles. The van der Waals surface area contributed by atoms with E-state index in [0.29, 0.717) is 44.8 Å². The van der Waals surface area contributed by atoms with Crippen molar-refractivity contribution in [3.63, 3.8) is 0 Å². The normalized spacial score (nSPS) is 24.0. The van der Waals surface area contributed by atoms with Crippen molar-refractivity contribution in [3.05, 3.63) is 24.0 Å². The summed E-state index contributed by atoms with van der Waals surface area (Å²) in [5.74, 6) is -0.371. The zero-order valence-corrected chi connectivity index (χ0v) is 20.5. The van der Waals surface area contributed by atoms with Crippen LogP contribution in [0, 0.1) is 5.41 Å². The van der Waals surface area contributed by atoms with Crippen LogP contribution in [0.3, 0.4) is 0 Å². The Balaban J connectivity index is 1.42. The van der Waals surface area contributed by atoms with Gasteiger partial charge in [0.15, 0.2) is 0 Å². The van der Waals surface area contributed by atoms with E-state index in [1.807, 2.05) is 20.8 Å². The number of hydrogen-bond acceptors (Lipinski definition) is 6. The first-order valence-corrected chi connectivity index (χ1v) is 13.1. The SMILES string of the molecule is CC(C)(C)OC(=O)N1CCC2(CCCN(S(=O)(=O)c3ccc(C4CCNC4=O)nc3)C2)CC1. The Bertz CT molecular complexity index is 995. The lowest BCUT2D eigenvalue weighted by atomic mass is 9.73. The van der Waals surface area contributed by atoms with E-state index in [0.717, 1.165) is 25.7 Å². The van der Waals surface area contributed by atoms with E-state index in [2.05, 4.69) is 10.3 Å². The molecule has 3 fully saturated rings. The van der Waals surface area contributed by atoms with Crippen LogP contribution in [-0.4, -0.2) is 72.9 Å². The molecule has 0 aromatic carbocycles. The molecule has 10 heteroatoms. The molecule has 182 valence electrons. The number of sulfonamides is 1. The third-order valence-electron chi connectivity index (χ3n) is 6.90.